The third-order valence-corrected chi connectivity index (χ3v) is 3.99. The number of carbonyl (C=O) groups is 1. The molecule has 2 N–H and O–H groups in total. The van der Waals surface area contributed by atoms with Gasteiger partial charge in [0.1, 0.15) is 11.9 Å². The van der Waals surface area contributed by atoms with Crippen LogP contribution in [0.25, 0.3) is 0 Å². The molecule has 2 rings (SSSR count). The summed E-state index contributed by atoms with van der Waals surface area (Å²) in [5, 5.41) is 13.6. The fourth-order valence-electron chi connectivity index (χ4n) is 2.23. The zero-order chi connectivity index (χ0) is 14.9. The Morgan fingerprint density at radius 3 is 2.75 bits per heavy atom. The molecule has 1 aromatic carbocycles. The number of rotatable bonds is 3. The highest BCUT2D eigenvalue weighted by molar-refractivity contribution is 7.89. The number of hydrogen-bond donors (Lipinski definition) is 1. The molecule has 1 amide bonds. The van der Waals surface area contributed by atoms with Crippen molar-refractivity contribution in [3.63, 3.8) is 0 Å². The molecule has 0 aromatic heterocycles. The number of halogens is 1. The lowest BCUT2D eigenvalue weighted by atomic mass is 10.1. The van der Waals surface area contributed by atoms with Crippen molar-refractivity contribution in [2.45, 2.75) is 6.42 Å². The fourth-order valence-corrected chi connectivity index (χ4v) is 3.11. The van der Waals surface area contributed by atoms with Crippen LogP contribution in [-0.2, 0) is 14.8 Å². The molecule has 1 heterocycles. The Morgan fingerprint density at radius 1 is 1.50 bits per heavy atom. The van der Waals surface area contributed by atoms with Crippen LogP contribution in [0.4, 0.5) is 10.1 Å². The van der Waals surface area contributed by atoms with Crippen LogP contribution in [0.2, 0.25) is 0 Å². The molecule has 1 aromatic rings. The summed E-state index contributed by atoms with van der Waals surface area (Å²) in [5.74, 6) is -1.69. The number of amides is 1. The van der Waals surface area contributed by atoms with Gasteiger partial charge in [0.05, 0.1) is 11.3 Å². The van der Waals surface area contributed by atoms with Gasteiger partial charge in [-0.3, -0.25) is 4.79 Å². The Bertz CT molecular complexity index is 696. The van der Waals surface area contributed by atoms with Crippen LogP contribution in [0.1, 0.15) is 12.0 Å². The number of hydrogen-bond acceptors (Lipinski definition) is 4. The van der Waals surface area contributed by atoms with Crippen molar-refractivity contribution in [1.82, 2.24) is 0 Å². The molecule has 6 nitrogen and oxygen atoms in total. The predicted molar refractivity (Wildman–Crippen MR) is 69.5 cm³/mol. The summed E-state index contributed by atoms with van der Waals surface area (Å²) in [7, 11) is -3.65. The zero-order valence-electron chi connectivity index (χ0n) is 10.4. The van der Waals surface area contributed by atoms with Crippen LogP contribution in [0, 0.1) is 23.1 Å². The summed E-state index contributed by atoms with van der Waals surface area (Å²) in [5.41, 5.74) is 0.199. The lowest BCUT2D eigenvalue weighted by Crippen LogP contribution is -2.27. The number of nitriles is 1. The molecule has 0 saturated carbocycles. The van der Waals surface area contributed by atoms with Gasteiger partial charge in [-0.15, -0.1) is 0 Å². The maximum absolute atomic E-state index is 13.5. The van der Waals surface area contributed by atoms with Crippen molar-refractivity contribution in [1.29, 1.82) is 5.26 Å². The van der Waals surface area contributed by atoms with E-state index < -0.39 is 21.8 Å². The largest absolute Gasteiger partial charge is 0.312 e. The minimum absolute atomic E-state index is 0.0536. The van der Waals surface area contributed by atoms with Crippen LogP contribution >= 0.6 is 0 Å². The number of anilines is 1. The van der Waals surface area contributed by atoms with E-state index in [-0.39, 0.29) is 30.2 Å². The van der Waals surface area contributed by atoms with Crippen LogP contribution < -0.4 is 10.0 Å². The van der Waals surface area contributed by atoms with Gasteiger partial charge in [-0.05, 0) is 18.2 Å². The van der Waals surface area contributed by atoms with Crippen LogP contribution in [0.15, 0.2) is 18.2 Å². The maximum atomic E-state index is 13.5. The van der Waals surface area contributed by atoms with E-state index >= 15 is 0 Å². The van der Waals surface area contributed by atoms with E-state index in [1.54, 1.807) is 6.07 Å². The molecule has 1 saturated heterocycles. The summed E-state index contributed by atoms with van der Waals surface area (Å²) < 4.78 is 35.6. The lowest BCUT2D eigenvalue weighted by molar-refractivity contribution is -0.117. The Hall–Kier alpha value is -1.98. The predicted octanol–water partition coefficient (Wildman–Crippen LogP) is 0.339. The number of primary sulfonamides is 1. The first kappa shape index (κ1) is 14.4. The SMILES string of the molecule is N#Cc1ccc(N2CC(CS(N)(=O)=O)CC2=O)cc1F. The highest BCUT2D eigenvalue weighted by Gasteiger charge is 2.33. The van der Waals surface area contributed by atoms with E-state index in [1.807, 2.05) is 0 Å². The monoisotopic (exact) mass is 297 g/mol. The van der Waals surface area contributed by atoms with Gasteiger partial charge in [-0.1, -0.05) is 0 Å². The van der Waals surface area contributed by atoms with Crippen molar-refractivity contribution >= 4 is 21.6 Å². The maximum Gasteiger partial charge on any atom is 0.227 e. The number of sulfonamides is 1. The molecular formula is C12H12FN3O3S. The average Bonchev–Trinajstić information content (AvgIpc) is 2.67. The molecule has 106 valence electrons. The number of nitrogens with zero attached hydrogens (tertiary/aromatic N) is 2. The van der Waals surface area contributed by atoms with Crippen molar-refractivity contribution in [2.75, 3.05) is 17.2 Å². The van der Waals surface area contributed by atoms with Gasteiger partial charge in [0.15, 0.2) is 0 Å². The Kier molecular flexibility index (Phi) is 3.74. The lowest BCUT2D eigenvalue weighted by Gasteiger charge is -2.16. The smallest absolute Gasteiger partial charge is 0.227 e. The van der Waals surface area contributed by atoms with E-state index in [2.05, 4.69) is 0 Å². The second-order valence-corrected chi connectivity index (χ2v) is 6.34. The van der Waals surface area contributed by atoms with E-state index in [1.165, 1.54) is 17.0 Å². The van der Waals surface area contributed by atoms with Crippen molar-refractivity contribution < 1.29 is 17.6 Å². The van der Waals surface area contributed by atoms with Gasteiger partial charge in [-0.2, -0.15) is 5.26 Å². The van der Waals surface area contributed by atoms with Crippen LogP contribution in [-0.4, -0.2) is 26.6 Å². The van der Waals surface area contributed by atoms with E-state index in [9.17, 15) is 17.6 Å². The topological polar surface area (TPSA) is 104 Å². The third-order valence-electron chi connectivity index (χ3n) is 3.06. The van der Waals surface area contributed by atoms with Gasteiger partial charge in [-0.25, -0.2) is 17.9 Å². The molecule has 20 heavy (non-hydrogen) atoms. The summed E-state index contributed by atoms with van der Waals surface area (Å²) in [6.07, 6.45) is 0.0536. The second-order valence-electron chi connectivity index (χ2n) is 4.68. The number of benzene rings is 1. The molecule has 0 aliphatic carbocycles. The van der Waals surface area contributed by atoms with Gasteiger partial charge in [0, 0.05) is 24.6 Å². The molecule has 1 aliphatic rings. The summed E-state index contributed by atoms with van der Waals surface area (Å²) >= 11 is 0. The molecule has 1 unspecified atom stereocenters. The van der Waals surface area contributed by atoms with Gasteiger partial charge in [0.25, 0.3) is 0 Å². The second kappa shape index (κ2) is 5.19. The van der Waals surface area contributed by atoms with Gasteiger partial charge >= 0.3 is 0 Å². The van der Waals surface area contributed by atoms with Gasteiger partial charge in [0.2, 0.25) is 15.9 Å². The molecule has 1 fully saturated rings. The Labute approximate surface area is 115 Å². The normalized spacial score (nSPS) is 19.1. The number of nitrogens with two attached hydrogens (primary N) is 1. The third kappa shape index (κ3) is 3.12. The fraction of sp³-hybridized carbons (Fsp3) is 0.333. The summed E-state index contributed by atoms with van der Waals surface area (Å²) in [6.45, 7) is 0.167. The van der Waals surface area contributed by atoms with Crippen molar-refractivity contribution in [3.8, 4) is 6.07 Å². The quantitative estimate of drug-likeness (QED) is 0.868. The van der Waals surface area contributed by atoms with Crippen molar-refractivity contribution in [2.24, 2.45) is 11.1 Å². The Morgan fingerprint density at radius 2 is 2.20 bits per heavy atom. The molecule has 1 aliphatic heterocycles. The Balaban J connectivity index is 2.20. The van der Waals surface area contributed by atoms with Crippen molar-refractivity contribution in [3.05, 3.63) is 29.6 Å². The van der Waals surface area contributed by atoms with E-state index in [0.717, 1.165) is 6.07 Å². The molecular weight excluding hydrogens is 285 g/mol. The minimum Gasteiger partial charge on any atom is -0.312 e. The number of carbonyl (C=O) groups excluding carboxylic acids is 1. The first-order chi connectivity index (χ1) is 9.30. The van der Waals surface area contributed by atoms with Gasteiger partial charge < -0.3 is 4.90 Å². The molecule has 0 radical (unpaired) electrons. The molecule has 0 spiro atoms. The average molecular weight is 297 g/mol. The standard InChI is InChI=1S/C12H12FN3O3S/c13-11-4-10(2-1-9(11)5-14)16-6-8(3-12(16)17)7-20(15,18)19/h1-2,4,8H,3,6-7H2,(H2,15,18,19). The van der Waals surface area contributed by atoms with E-state index in [0.29, 0.717) is 5.69 Å². The minimum atomic E-state index is -3.65. The molecule has 1 atom stereocenters. The first-order valence-electron chi connectivity index (χ1n) is 5.80. The highest BCUT2D eigenvalue weighted by Crippen LogP contribution is 2.27. The summed E-state index contributed by atoms with van der Waals surface area (Å²) in [4.78, 5) is 13.1. The van der Waals surface area contributed by atoms with E-state index in [4.69, 9.17) is 10.4 Å². The summed E-state index contributed by atoms with van der Waals surface area (Å²) in [6, 6.07) is 5.52. The molecule has 8 heteroatoms. The first-order valence-corrected chi connectivity index (χ1v) is 7.52. The highest BCUT2D eigenvalue weighted by atomic mass is 32.2. The molecule has 0 bridgehead atoms. The van der Waals surface area contributed by atoms with Crippen LogP contribution in [0.5, 0.6) is 0 Å². The van der Waals surface area contributed by atoms with Crippen LogP contribution in [0.3, 0.4) is 0 Å². The zero-order valence-corrected chi connectivity index (χ0v) is 11.2.